The molecular weight excluding hydrogens is 461 g/mol. The lowest BCUT2D eigenvalue weighted by Crippen LogP contribution is -2.35. The Balaban J connectivity index is 1.76. The molecule has 2 aromatic heterocycles. The number of thiophene rings is 1. The van der Waals surface area contributed by atoms with Crippen LogP contribution >= 0.6 is 34.5 Å². The lowest BCUT2D eigenvalue weighted by atomic mass is 9.99. The van der Waals surface area contributed by atoms with Crippen LogP contribution in [0.4, 0.5) is 10.5 Å². The first-order valence-corrected chi connectivity index (χ1v) is 11.1. The lowest BCUT2D eigenvalue weighted by molar-refractivity contribution is 0.102. The molecule has 31 heavy (non-hydrogen) atoms. The monoisotopic (exact) mass is 479 g/mol. The molecule has 10 heteroatoms. The number of ether oxygens (including phenoxy) is 2. The molecule has 0 aliphatic carbocycles. The first-order valence-electron chi connectivity index (χ1n) is 9.57. The summed E-state index contributed by atoms with van der Waals surface area (Å²) in [5.41, 5.74) is 1.84. The Morgan fingerprint density at radius 1 is 1.26 bits per heavy atom. The van der Waals surface area contributed by atoms with Crippen LogP contribution in [0.25, 0.3) is 10.1 Å². The third-order valence-electron chi connectivity index (χ3n) is 5.03. The number of methoxy groups -OCH3 is 1. The highest BCUT2D eigenvalue weighted by atomic mass is 35.5. The van der Waals surface area contributed by atoms with Crippen LogP contribution in [-0.2, 0) is 17.7 Å². The zero-order valence-electron chi connectivity index (χ0n) is 16.8. The van der Waals surface area contributed by atoms with Gasteiger partial charge >= 0.3 is 6.09 Å². The van der Waals surface area contributed by atoms with Crippen molar-refractivity contribution in [2.75, 3.05) is 25.6 Å². The number of hydrogen-bond acceptors (Lipinski definition) is 6. The Hall–Kier alpha value is -2.55. The summed E-state index contributed by atoms with van der Waals surface area (Å²) in [5, 5.41) is 4.13. The third kappa shape index (κ3) is 4.03. The number of fused-ring (bicyclic) bond motifs is 3. The van der Waals surface area contributed by atoms with Crippen molar-refractivity contribution in [2.24, 2.45) is 0 Å². The van der Waals surface area contributed by atoms with Crippen LogP contribution in [0.5, 0.6) is 5.75 Å². The number of anilines is 1. The number of rotatable bonds is 4. The number of halogens is 2. The molecule has 3 aromatic rings. The second kappa shape index (κ2) is 8.90. The SMILES string of the molecule is CCOC(=O)N1CCc2c(sc3c(OC)ccc(C(=O)Nc4c(Cl)cncc4Cl)c23)C1. The minimum absolute atomic E-state index is 0.253. The van der Waals surface area contributed by atoms with Crippen LogP contribution in [-0.4, -0.2) is 42.1 Å². The van der Waals surface area contributed by atoms with Crippen LogP contribution in [0.15, 0.2) is 24.5 Å². The molecule has 4 rings (SSSR count). The quantitative estimate of drug-likeness (QED) is 0.543. The van der Waals surface area contributed by atoms with Gasteiger partial charge in [-0.1, -0.05) is 23.2 Å². The first-order chi connectivity index (χ1) is 14.9. The number of aromatic nitrogens is 1. The molecule has 7 nitrogen and oxygen atoms in total. The van der Waals surface area contributed by atoms with Crippen molar-refractivity contribution in [2.45, 2.75) is 19.9 Å². The van der Waals surface area contributed by atoms with Crippen molar-refractivity contribution in [3.63, 3.8) is 0 Å². The molecule has 0 bridgehead atoms. The van der Waals surface area contributed by atoms with Gasteiger partial charge in [0, 0.05) is 34.8 Å². The molecule has 1 aliphatic heterocycles. The molecule has 1 aromatic carbocycles. The van der Waals surface area contributed by atoms with E-state index in [4.69, 9.17) is 32.7 Å². The van der Waals surface area contributed by atoms with Gasteiger partial charge in [-0.25, -0.2) is 4.79 Å². The normalized spacial score (nSPS) is 13.1. The Kier molecular flexibility index (Phi) is 6.22. The average molecular weight is 480 g/mol. The number of carbonyl (C=O) groups is 2. The Morgan fingerprint density at radius 2 is 2.00 bits per heavy atom. The van der Waals surface area contributed by atoms with E-state index in [9.17, 15) is 9.59 Å². The molecule has 2 amide bonds. The maximum Gasteiger partial charge on any atom is 0.410 e. The van der Waals surface area contributed by atoms with Gasteiger partial charge in [0.15, 0.2) is 0 Å². The number of pyridine rings is 1. The Labute approximate surface area is 192 Å². The number of carbonyl (C=O) groups excluding carboxylic acids is 2. The summed E-state index contributed by atoms with van der Waals surface area (Å²) in [6.45, 7) is 3.05. The van der Waals surface area contributed by atoms with Gasteiger partial charge in [-0.05, 0) is 31.0 Å². The largest absolute Gasteiger partial charge is 0.495 e. The number of nitrogens with zero attached hydrogens (tertiary/aromatic N) is 2. The van der Waals surface area contributed by atoms with Gasteiger partial charge in [0.05, 0.1) is 40.7 Å². The molecule has 0 saturated heterocycles. The predicted octanol–water partition coefficient (Wildman–Crippen LogP) is 5.38. The molecule has 0 spiro atoms. The Morgan fingerprint density at radius 3 is 2.68 bits per heavy atom. The van der Waals surface area contributed by atoms with Crippen molar-refractivity contribution >= 4 is 62.3 Å². The van der Waals surface area contributed by atoms with Gasteiger partial charge in [0.1, 0.15) is 5.75 Å². The van der Waals surface area contributed by atoms with E-state index in [-0.39, 0.29) is 22.0 Å². The second-order valence-corrected chi connectivity index (χ2v) is 8.75. The van der Waals surface area contributed by atoms with Crippen molar-refractivity contribution < 1.29 is 19.1 Å². The average Bonchev–Trinajstić information content (AvgIpc) is 3.14. The zero-order chi connectivity index (χ0) is 22.1. The highest BCUT2D eigenvalue weighted by molar-refractivity contribution is 7.19. The van der Waals surface area contributed by atoms with Crippen molar-refractivity contribution in [3.8, 4) is 5.75 Å². The van der Waals surface area contributed by atoms with E-state index in [0.717, 1.165) is 20.5 Å². The van der Waals surface area contributed by atoms with Gasteiger partial charge in [-0.2, -0.15) is 0 Å². The fourth-order valence-electron chi connectivity index (χ4n) is 3.61. The van der Waals surface area contributed by atoms with Gasteiger partial charge in [-0.15, -0.1) is 11.3 Å². The number of benzene rings is 1. The maximum atomic E-state index is 13.2. The van der Waals surface area contributed by atoms with Gasteiger partial charge in [-0.3, -0.25) is 9.78 Å². The number of nitrogens with one attached hydrogen (secondary N) is 1. The molecular formula is C21H19Cl2N3O4S. The first kappa shape index (κ1) is 21.7. The molecule has 0 fully saturated rings. The van der Waals surface area contributed by atoms with Crippen LogP contribution in [0.2, 0.25) is 10.0 Å². The van der Waals surface area contributed by atoms with Crippen molar-refractivity contribution in [1.29, 1.82) is 0 Å². The molecule has 1 aliphatic rings. The van der Waals surface area contributed by atoms with E-state index in [1.807, 2.05) is 0 Å². The molecule has 0 radical (unpaired) electrons. The minimum Gasteiger partial charge on any atom is -0.495 e. The van der Waals surface area contributed by atoms with E-state index in [2.05, 4.69) is 10.3 Å². The standard InChI is InChI=1S/C21H19Cl2N3O4S/c1-3-30-21(28)26-7-6-11-16(10-26)31-19-15(29-2)5-4-12(17(11)19)20(27)25-18-13(22)8-24-9-14(18)23/h4-5,8-9H,3,6-7,10H2,1-2H3,(H,24,25,27). The molecule has 0 atom stereocenters. The molecule has 0 saturated carbocycles. The van der Waals surface area contributed by atoms with E-state index >= 15 is 0 Å². The minimum atomic E-state index is -0.337. The van der Waals surface area contributed by atoms with Gasteiger partial charge in [0.2, 0.25) is 0 Å². The van der Waals surface area contributed by atoms with Crippen LogP contribution < -0.4 is 10.1 Å². The zero-order valence-corrected chi connectivity index (χ0v) is 19.2. The molecule has 3 heterocycles. The van der Waals surface area contributed by atoms with E-state index < -0.39 is 0 Å². The highest BCUT2D eigenvalue weighted by Gasteiger charge is 2.28. The summed E-state index contributed by atoms with van der Waals surface area (Å²) in [6, 6.07) is 3.49. The fraction of sp³-hybridized carbons (Fsp3) is 0.286. The third-order valence-corrected chi connectivity index (χ3v) is 6.84. The van der Waals surface area contributed by atoms with Crippen molar-refractivity contribution in [3.05, 3.63) is 50.6 Å². The highest BCUT2D eigenvalue weighted by Crippen LogP contribution is 2.42. The summed E-state index contributed by atoms with van der Waals surface area (Å²) in [7, 11) is 1.59. The summed E-state index contributed by atoms with van der Waals surface area (Å²) in [5.74, 6) is 0.338. The molecule has 0 unspecified atom stereocenters. The smallest absolute Gasteiger partial charge is 0.410 e. The maximum absolute atomic E-state index is 13.2. The van der Waals surface area contributed by atoms with Crippen LogP contribution in [0.1, 0.15) is 27.7 Å². The van der Waals surface area contributed by atoms with E-state index in [1.165, 1.54) is 23.7 Å². The van der Waals surface area contributed by atoms with Crippen LogP contribution in [0.3, 0.4) is 0 Å². The summed E-state index contributed by atoms with van der Waals surface area (Å²) < 4.78 is 11.5. The second-order valence-electron chi connectivity index (χ2n) is 6.83. The Bertz CT molecular complexity index is 1160. The molecule has 162 valence electrons. The van der Waals surface area contributed by atoms with Crippen LogP contribution in [0, 0.1) is 0 Å². The van der Waals surface area contributed by atoms with Gasteiger partial charge < -0.3 is 19.7 Å². The summed E-state index contributed by atoms with van der Waals surface area (Å²) in [6.07, 6.45) is 3.11. The summed E-state index contributed by atoms with van der Waals surface area (Å²) >= 11 is 13.8. The molecule has 1 N–H and O–H groups in total. The lowest BCUT2D eigenvalue weighted by Gasteiger charge is -2.26. The predicted molar refractivity (Wildman–Crippen MR) is 122 cm³/mol. The number of amides is 2. The van der Waals surface area contributed by atoms with E-state index in [0.29, 0.717) is 43.1 Å². The number of hydrogen-bond donors (Lipinski definition) is 1. The van der Waals surface area contributed by atoms with Gasteiger partial charge in [0.25, 0.3) is 5.91 Å². The topological polar surface area (TPSA) is 80.8 Å². The fourth-order valence-corrected chi connectivity index (χ4v) is 5.45. The summed E-state index contributed by atoms with van der Waals surface area (Å²) in [4.78, 5) is 32.0. The van der Waals surface area contributed by atoms with Crippen molar-refractivity contribution in [1.82, 2.24) is 9.88 Å². The van der Waals surface area contributed by atoms with E-state index in [1.54, 1.807) is 31.1 Å².